The van der Waals surface area contributed by atoms with E-state index in [1.165, 1.54) is 25.3 Å². The van der Waals surface area contributed by atoms with Crippen LogP contribution in [0.4, 0.5) is 0 Å². The lowest BCUT2D eigenvalue weighted by Crippen LogP contribution is -2.50. The van der Waals surface area contributed by atoms with E-state index < -0.39 is 0 Å². The van der Waals surface area contributed by atoms with E-state index in [0.29, 0.717) is 18.7 Å². The van der Waals surface area contributed by atoms with Gasteiger partial charge in [0.15, 0.2) is 0 Å². The lowest BCUT2D eigenvalue weighted by Gasteiger charge is -2.39. The molecule has 120 valence electrons. The van der Waals surface area contributed by atoms with E-state index in [4.69, 9.17) is 14.0 Å². The fourth-order valence-electron chi connectivity index (χ4n) is 3.52. The van der Waals surface area contributed by atoms with Crippen molar-refractivity contribution in [2.24, 2.45) is 5.92 Å². The minimum Gasteiger partial charge on any atom is -0.375 e. The highest BCUT2D eigenvalue weighted by atomic mass is 16.6. The average molecular weight is 306 g/mol. The van der Waals surface area contributed by atoms with E-state index in [1.54, 1.807) is 0 Å². The summed E-state index contributed by atoms with van der Waals surface area (Å²) in [6.07, 6.45) is 8.54. The Morgan fingerprint density at radius 1 is 1.50 bits per heavy atom. The van der Waals surface area contributed by atoms with Gasteiger partial charge in [-0.15, -0.1) is 0 Å². The third kappa shape index (κ3) is 2.90. The molecule has 2 aliphatic heterocycles. The van der Waals surface area contributed by atoms with Gasteiger partial charge in [-0.25, -0.2) is 0 Å². The normalized spacial score (nSPS) is 31.8. The van der Waals surface area contributed by atoms with E-state index in [1.807, 2.05) is 4.90 Å². The quantitative estimate of drug-likeness (QED) is 0.849. The highest BCUT2D eigenvalue weighted by Gasteiger charge is 2.45. The Hall–Kier alpha value is -1.40. The predicted molar refractivity (Wildman–Crippen MR) is 77.4 cm³/mol. The van der Waals surface area contributed by atoms with Crippen molar-refractivity contribution in [2.45, 2.75) is 43.8 Å². The van der Waals surface area contributed by atoms with E-state index >= 15 is 0 Å². The van der Waals surface area contributed by atoms with Crippen LogP contribution < -0.4 is 0 Å². The zero-order chi connectivity index (χ0) is 15.0. The lowest BCUT2D eigenvalue weighted by molar-refractivity contribution is -0.0465. The van der Waals surface area contributed by atoms with Gasteiger partial charge in [0.25, 0.3) is 5.91 Å². The summed E-state index contributed by atoms with van der Waals surface area (Å²) in [5.74, 6) is 0.751. The SMILES string of the molecule is O=C(c1cnoc1)N1CCC[C@]2(C[C@@H](OCC3CC3)CO2)C1. The van der Waals surface area contributed by atoms with Crippen LogP contribution in [0.5, 0.6) is 0 Å². The van der Waals surface area contributed by atoms with Crippen LogP contribution in [0.1, 0.15) is 42.5 Å². The molecule has 22 heavy (non-hydrogen) atoms. The topological polar surface area (TPSA) is 64.8 Å². The molecule has 4 rings (SSSR count). The Labute approximate surface area is 129 Å². The molecular weight excluding hydrogens is 284 g/mol. The van der Waals surface area contributed by atoms with Crippen molar-refractivity contribution in [2.75, 3.05) is 26.3 Å². The molecule has 1 aliphatic carbocycles. The summed E-state index contributed by atoms with van der Waals surface area (Å²) in [5, 5.41) is 3.61. The smallest absolute Gasteiger partial charge is 0.258 e. The summed E-state index contributed by atoms with van der Waals surface area (Å²) in [6, 6.07) is 0. The van der Waals surface area contributed by atoms with Gasteiger partial charge in [-0.2, -0.15) is 0 Å². The largest absolute Gasteiger partial charge is 0.375 e. The molecule has 1 spiro atoms. The predicted octanol–water partition coefficient (Wildman–Crippen LogP) is 1.86. The molecule has 3 fully saturated rings. The van der Waals surface area contributed by atoms with Crippen LogP contribution in [0.15, 0.2) is 17.0 Å². The molecule has 1 amide bonds. The first kappa shape index (κ1) is 14.2. The molecule has 6 heteroatoms. The summed E-state index contributed by atoms with van der Waals surface area (Å²) in [7, 11) is 0. The van der Waals surface area contributed by atoms with Crippen LogP contribution in [-0.4, -0.2) is 54.0 Å². The summed E-state index contributed by atoms with van der Waals surface area (Å²) in [6.45, 7) is 2.93. The number of carbonyl (C=O) groups excluding carboxylic acids is 1. The molecule has 2 atom stereocenters. The molecule has 1 aromatic rings. The first-order valence-electron chi connectivity index (χ1n) is 8.18. The van der Waals surface area contributed by atoms with Gasteiger partial charge in [-0.1, -0.05) is 5.16 Å². The second-order valence-electron chi connectivity index (χ2n) is 6.84. The Morgan fingerprint density at radius 2 is 2.41 bits per heavy atom. The number of amides is 1. The van der Waals surface area contributed by atoms with Gasteiger partial charge in [0.05, 0.1) is 36.6 Å². The first-order chi connectivity index (χ1) is 10.7. The summed E-state index contributed by atoms with van der Waals surface area (Å²) >= 11 is 0. The number of hydrogen-bond donors (Lipinski definition) is 0. The van der Waals surface area contributed by atoms with Crippen LogP contribution in [0.3, 0.4) is 0 Å². The number of nitrogens with zero attached hydrogens (tertiary/aromatic N) is 2. The molecule has 0 radical (unpaired) electrons. The maximum absolute atomic E-state index is 12.4. The van der Waals surface area contributed by atoms with Crippen LogP contribution in [0.25, 0.3) is 0 Å². The minimum atomic E-state index is -0.223. The molecule has 0 unspecified atom stereocenters. The monoisotopic (exact) mass is 306 g/mol. The van der Waals surface area contributed by atoms with Crippen molar-refractivity contribution >= 4 is 5.91 Å². The van der Waals surface area contributed by atoms with Gasteiger partial charge in [-0.3, -0.25) is 4.79 Å². The highest BCUT2D eigenvalue weighted by molar-refractivity contribution is 5.93. The maximum atomic E-state index is 12.4. The number of aromatic nitrogens is 1. The molecule has 0 N–H and O–H groups in total. The van der Waals surface area contributed by atoms with Crippen molar-refractivity contribution in [1.82, 2.24) is 10.1 Å². The Balaban J connectivity index is 1.37. The zero-order valence-electron chi connectivity index (χ0n) is 12.7. The first-order valence-corrected chi connectivity index (χ1v) is 8.18. The van der Waals surface area contributed by atoms with Gasteiger partial charge < -0.3 is 18.9 Å². The average Bonchev–Trinajstić information content (AvgIpc) is 3.05. The highest BCUT2D eigenvalue weighted by Crippen LogP contribution is 2.37. The zero-order valence-corrected chi connectivity index (χ0v) is 12.7. The third-order valence-corrected chi connectivity index (χ3v) is 4.95. The minimum absolute atomic E-state index is 0.0220. The maximum Gasteiger partial charge on any atom is 0.258 e. The molecule has 1 aromatic heterocycles. The number of ether oxygens (including phenoxy) is 2. The molecule has 2 saturated heterocycles. The Morgan fingerprint density at radius 3 is 3.18 bits per heavy atom. The summed E-state index contributed by atoms with van der Waals surface area (Å²) in [4.78, 5) is 14.3. The van der Waals surface area contributed by atoms with Crippen LogP contribution in [-0.2, 0) is 9.47 Å². The van der Waals surface area contributed by atoms with E-state index in [0.717, 1.165) is 38.3 Å². The van der Waals surface area contributed by atoms with Crippen LogP contribution in [0.2, 0.25) is 0 Å². The Bertz CT molecular complexity index is 528. The van der Waals surface area contributed by atoms with Gasteiger partial charge in [-0.05, 0) is 31.6 Å². The number of likely N-dealkylation sites (tertiary alicyclic amines) is 1. The number of rotatable bonds is 4. The summed E-state index contributed by atoms with van der Waals surface area (Å²) < 4.78 is 16.8. The number of hydrogen-bond acceptors (Lipinski definition) is 5. The van der Waals surface area contributed by atoms with Crippen molar-refractivity contribution < 1.29 is 18.8 Å². The van der Waals surface area contributed by atoms with E-state index in [2.05, 4.69) is 5.16 Å². The van der Waals surface area contributed by atoms with E-state index in [9.17, 15) is 4.79 Å². The fraction of sp³-hybridized carbons (Fsp3) is 0.750. The van der Waals surface area contributed by atoms with Crippen LogP contribution in [0, 0.1) is 5.92 Å². The van der Waals surface area contributed by atoms with Gasteiger partial charge in [0.2, 0.25) is 0 Å². The Kier molecular flexibility index (Phi) is 3.66. The molecule has 6 nitrogen and oxygen atoms in total. The fourth-order valence-corrected chi connectivity index (χ4v) is 3.52. The van der Waals surface area contributed by atoms with Gasteiger partial charge >= 0.3 is 0 Å². The molecule has 0 bridgehead atoms. The lowest BCUT2D eigenvalue weighted by atomic mass is 9.89. The molecule has 3 aliphatic rings. The second-order valence-corrected chi connectivity index (χ2v) is 6.84. The van der Waals surface area contributed by atoms with Crippen molar-refractivity contribution in [3.63, 3.8) is 0 Å². The molecule has 1 saturated carbocycles. The van der Waals surface area contributed by atoms with Crippen molar-refractivity contribution in [3.8, 4) is 0 Å². The van der Waals surface area contributed by atoms with E-state index in [-0.39, 0.29) is 17.6 Å². The van der Waals surface area contributed by atoms with Crippen LogP contribution >= 0.6 is 0 Å². The molecule has 3 heterocycles. The van der Waals surface area contributed by atoms with Gasteiger partial charge in [0, 0.05) is 19.6 Å². The number of carbonyl (C=O) groups is 1. The number of piperidine rings is 1. The standard InChI is InChI=1S/C16H22N2O4/c19-15(13-7-17-22-9-13)18-5-1-4-16(11-18)6-14(10-21-16)20-8-12-2-3-12/h7,9,12,14H,1-6,8,10-11H2/t14-,16+/m1/s1. The second kappa shape index (κ2) is 5.66. The van der Waals surface area contributed by atoms with Crippen molar-refractivity contribution in [1.29, 1.82) is 0 Å². The summed E-state index contributed by atoms with van der Waals surface area (Å²) in [5.41, 5.74) is 0.288. The third-order valence-electron chi connectivity index (χ3n) is 4.95. The molecule has 0 aromatic carbocycles. The molecular formula is C16H22N2O4. The van der Waals surface area contributed by atoms with Gasteiger partial charge in [0.1, 0.15) is 6.26 Å². The van der Waals surface area contributed by atoms with Crippen molar-refractivity contribution in [3.05, 3.63) is 18.0 Å².